The van der Waals surface area contributed by atoms with Crippen molar-refractivity contribution in [3.63, 3.8) is 0 Å². The lowest BCUT2D eigenvalue weighted by atomic mass is 9.98. The molecule has 7 rings (SSSR count). The molecule has 1 fully saturated rings. The molecule has 1 aliphatic rings. The highest BCUT2D eigenvalue weighted by Gasteiger charge is 2.47. The molecule has 2 aromatic carbocycles. The normalized spacial score (nSPS) is 13.6. The van der Waals surface area contributed by atoms with E-state index < -0.39 is 73.2 Å². The average Bonchev–Trinajstić information content (AvgIpc) is 3.89. The molecule has 4 aromatic heterocycles. The van der Waals surface area contributed by atoms with Crippen LogP contribution in [-0.2, 0) is 53.0 Å². The number of fused-ring (bicyclic) bond motifs is 1. The van der Waals surface area contributed by atoms with E-state index in [1.807, 2.05) is 61.5 Å². The molecule has 2 atom stereocenters. The van der Waals surface area contributed by atoms with Gasteiger partial charge in [0.05, 0.1) is 66.0 Å². The summed E-state index contributed by atoms with van der Waals surface area (Å²) >= 11 is 6.18. The zero-order valence-electron chi connectivity index (χ0n) is 46.3. The molecule has 0 saturated carbocycles. The van der Waals surface area contributed by atoms with E-state index in [1.54, 1.807) is 36.8 Å². The van der Waals surface area contributed by atoms with Crippen molar-refractivity contribution < 1.29 is 56.6 Å². The fourth-order valence-corrected chi connectivity index (χ4v) is 10.8. The predicted molar refractivity (Wildman–Crippen MR) is 316 cm³/mol. The molecule has 0 radical (unpaired) electrons. The Bertz CT molecular complexity index is 3420. The topological polar surface area (TPSA) is 312 Å². The second kappa shape index (κ2) is 31.3. The third-order valence-corrected chi connectivity index (χ3v) is 15.7. The third kappa shape index (κ3) is 19.4. The SMILES string of the molecule is COc1ncc(-c2ccc3nccc(-c4ccc(COC(=O)OCCSSCC(NC(=O)CCC(=O)NCc5cc(C(=O)NCC(=O)N6CC(F)(F)C[C@H]6C#N)c(Cl)cn5)C(=O)NCCNC(=O)CCCc5ccc(C)cc5)nc4)c3c2)cc1N. The molecule has 1 unspecified atom stereocenters. The number of likely N-dealkylation sites (tertiary alicyclic amines) is 1. The molecule has 446 valence electrons. The van der Waals surface area contributed by atoms with Crippen molar-refractivity contribution in [2.75, 3.05) is 57.1 Å². The number of anilines is 1. The summed E-state index contributed by atoms with van der Waals surface area (Å²) in [7, 11) is 4.00. The van der Waals surface area contributed by atoms with Crippen LogP contribution in [0.1, 0.15) is 65.0 Å². The lowest BCUT2D eigenvalue weighted by Crippen LogP contribution is -2.49. The Balaban J connectivity index is 0.842. The first kappa shape index (κ1) is 63.9. The Morgan fingerprint density at radius 1 is 0.824 bits per heavy atom. The summed E-state index contributed by atoms with van der Waals surface area (Å²) in [5.41, 5.74) is 13.5. The maximum atomic E-state index is 13.9. The number of aromatic nitrogens is 4. The Morgan fingerprint density at radius 2 is 1.56 bits per heavy atom. The first-order valence-electron chi connectivity index (χ1n) is 26.7. The number of hydrogen-bond acceptors (Lipinski definition) is 18. The highest BCUT2D eigenvalue weighted by Crippen LogP contribution is 2.34. The Morgan fingerprint density at radius 3 is 2.32 bits per heavy atom. The predicted octanol–water partition coefficient (Wildman–Crippen LogP) is 6.67. The van der Waals surface area contributed by atoms with E-state index in [2.05, 4.69) is 46.5 Å². The molecule has 0 bridgehead atoms. The van der Waals surface area contributed by atoms with Crippen LogP contribution < -0.4 is 37.1 Å². The monoisotopic (exact) mass is 1220 g/mol. The van der Waals surface area contributed by atoms with Crippen LogP contribution in [-0.4, -0.2) is 136 Å². The number of rotatable bonds is 28. The number of nitrogens with zero attached hydrogens (tertiary/aromatic N) is 6. The maximum Gasteiger partial charge on any atom is 0.508 e. The second-order valence-electron chi connectivity index (χ2n) is 19.4. The Kier molecular flexibility index (Phi) is 23.5. The van der Waals surface area contributed by atoms with Gasteiger partial charge in [0.2, 0.25) is 35.4 Å². The van der Waals surface area contributed by atoms with Crippen molar-refractivity contribution in [1.29, 1.82) is 5.26 Å². The lowest BCUT2D eigenvalue weighted by Gasteiger charge is -2.19. The van der Waals surface area contributed by atoms with Crippen LogP contribution in [0.2, 0.25) is 5.02 Å². The van der Waals surface area contributed by atoms with Crippen LogP contribution in [0.25, 0.3) is 33.2 Å². The number of nitrogens with two attached hydrogens (primary N) is 1. The Labute approximate surface area is 500 Å². The van der Waals surface area contributed by atoms with Crippen LogP contribution in [0.15, 0.2) is 97.6 Å². The molecule has 22 nitrogen and oxygen atoms in total. The summed E-state index contributed by atoms with van der Waals surface area (Å²) in [6.45, 7) is 0.175. The minimum atomic E-state index is -3.23. The van der Waals surface area contributed by atoms with Gasteiger partial charge in [-0.05, 0) is 72.9 Å². The number of halogens is 3. The molecule has 6 amide bonds. The number of hydrogen-bond donors (Lipinski definition) is 6. The number of benzene rings is 2. The van der Waals surface area contributed by atoms with E-state index in [-0.39, 0.29) is 79.4 Å². The molecule has 0 spiro atoms. The molecule has 7 N–H and O–H groups in total. The summed E-state index contributed by atoms with van der Waals surface area (Å²) < 4.78 is 43.5. The van der Waals surface area contributed by atoms with Crippen molar-refractivity contribution in [2.45, 2.75) is 76.6 Å². The van der Waals surface area contributed by atoms with E-state index >= 15 is 0 Å². The number of carbonyl (C=O) groups is 7. The first-order chi connectivity index (χ1) is 40.9. The molecule has 5 heterocycles. The number of aryl methyl sites for hydroxylation is 2. The fourth-order valence-electron chi connectivity index (χ4n) is 8.61. The molecule has 0 aliphatic carbocycles. The van der Waals surface area contributed by atoms with Crippen molar-refractivity contribution in [3.05, 3.63) is 131 Å². The van der Waals surface area contributed by atoms with E-state index in [1.165, 1.54) is 34.8 Å². The number of alkyl halides is 2. The van der Waals surface area contributed by atoms with E-state index in [9.17, 15) is 47.6 Å². The van der Waals surface area contributed by atoms with Gasteiger partial charge in [-0.15, -0.1) is 0 Å². The molecular formula is C58H61ClF2N12O10S2. The summed E-state index contributed by atoms with van der Waals surface area (Å²) in [5.74, 6) is -6.17. The number of amides is 6. The van der Waals surface area contributed by atoms with Crippen molar-refractivity contribution in [3.8, 4) is 34.2 Å². The summed E-state index contributed by atoms with van der Waals surface area (Å²) in [5, 5.41) is 23.1. The second-order valence-corrected chi connectivity index (χ2v) is 22.4. The van der Waals surface area contributed by atoms with E-state index in [4.69, 9.17) is 31.5 Å². The van der Waals surface area contributed by atoms with Gasteiger partial charge < -0.3 is 51.4 Å². The molecule has 27 heteroatoms. The molecule has 85 heavy (non-hydrogen) atoms. The summed E-state index contributed by atoms with van der Waals surface area (Å²) in [6, 6.07) is 21.7. The minimum absolute atomic E-state index is 0.0432. The largest absolute Gasteiger partial charge is 0.508 e. The molecule has 1 saturated heterocycles. The van der Waals surface area contributed by atoms with Gasteiger partial charge in [0.1, 0.15) is 25.3 Å². The lowest BCUT2D eigenvalue weighted by molar-refractivity contribution is -0.131. The van der Waals surface area contributed by atoms with Gasteiger partial charge in [-0.25, -0.2) is 18.6 Å². The van der Waals surface area contributed by atoms with E-state index in [0.29, 0.717) is 35.0 Å². The summed E-state index contributed by atoms with van der Waals surface area (Å²) in [6.07, 6.45) is 5.54. The van der Waals surface area contributed by atoms with Gasteiger partial charge in [0.15, 0.2) is 0 Å². The quantitative estimate of drug-likeness (QED) is 0.0170. The van der Waals surface area contributed by atoms with Crippen LogP contribution >= 0.6 is 33.2 Å². The minimum Gasteiger partial charge on any atom is -0.480 e. The zero-order chi connectivity index (χ0) is 60.9. The summed E-state index contributed by atoms with van der Waals surface area (Å²) in [4.78, 5) is 108. The zero-order valence-corrected chi connectivity index (χ0v) is 48.7. The van der Waals surface area contributed by atoms with Crippen molar-refractivity contribution >= 4 is 91.4 Å². The maximum absolute atomic E-state index is 13.9. The first-order valence-corrected chi connectivity index (χ1v) is 29.6. The molecule has 6 aromatic rings. The Hall–Kier alpha value is -8.67. The average molecular weight is 1220 g/mol. The van der Waals surface area contributed by atoms with Gasteiger partial charge >= 0.3 is 6.16 Å². The smallest absolute Gasteiger partial charge is 0.480 e. The number of carbonyl (C=O) groups excluding carboxylic acids is 7. The van der Waals surface area contributed by atoms with Crippen LogP contribution in [0.3, 0.4) is 0 Å². The van der Waals surface area contributed by atoms with Gasteiger partial charge in [-0.3, -0.25) is 43.7 Å². The highest BCUT2D eigenvalue weighted by molar-refractivity contribution is 8.76. The fraction of sp³-hybridized carbons (Fsp3) is 0.345. The van der Waals surface area contributed by atoms with Crippen molar-refractivity contribution in [1.82, 2.24) is 51.4 Å². The standard InChI is InChI=1S/C58H61ClF2N12O10S2/c1-35-6-8-36(9-7-35)4-3-5-50(74)65-18-19-66-55(79)49(72-52(76)15-14-51(75)69-29-41-24-45(46(59)30-68-41)54(78)70-31-53(77)73-34-58(60,61)25-42(73)26-62)33-85-84-21-20-82-57(80)83-32-40-12-10-38(27-67-40)43-16-17-64-48-13-11-37(22-44(43)48)39-23-47(63)56(81-2)71-28-39/h6-13,16-17,22-24,27-28,30,42,49H,3-5,14-15,18-21,25,29,31-34,63H2,1-2H3,(H,65,74)(H,66,79)(H,69,75)(H,70,78)(H,72,76)/t42-,49?/m0/s1. The van der Waals surface area contributed by atoms with Crippen LogP contribution in [0, 0.1) is 18.3 Å². The van der Waals surface area contributed by atoms with Crippen LogP contribution in [0.5, 0.6) is 5.88 Å². The van der Waals surface area contributed by atoms with Gasteiger partial charge in [-0.2, -0.15) is 5.26 Å². The van der Waals surface area contributed by atoms with Crippen molar-refractivity contribution in [2.24, 2.45) is 0 Å². The number of methoxy groups -OCH3 is 1. The van der Waals surface area contributed by atoms with E-state index in [0.717, 1.165) is 56.9 Å². The third-order valence-electron chi connectivity index (χ3n) is 13.1. The number of nitrogens with one attached hydrogen (secondary N) is 5. The molecule has 1 aliphatic heterocycles. The van der Waals surface area contributed by atoms with Crippen LogP contribution in [0.4, 0.5) is 19.3 Å². The highest BCUT2D eigenvalue weighted by atomic mass is 35.5. The number of pyridine rings is 4. The van der Waals surface area contributed by atoms with Gasteiger partial charge in [0.25, 0.3) is 11.8 Å². The van der Waals surface area contributed by atoms with Gasteiger partial charge in [0, 0.05) is 91.6 Å². The molecular weight excluding hydrogens is 1160 g/mol. The number of nitriles is 1. The van der Waals surface area contributed by atoms with Gasteiger partial charge in [-0.1, -0.05) is 75.2 Å². The number of ether oxygens (including phenoxy) is 3. The number of nitrogen functional groups attached to an aromatic ring is 1.